The minimum atomic E-state index is -0.112. The van der Waals surface area contributed by atoms with Crippen molar-refractivity contribution in [3.63, 3.8) is 0 Å². The number of piperidine rings is 1. The Morgan fingerprint density at radius 3 is 2.61 bits per heavy atom. The monoisotopic (exact) mass is 337 g/mol. The maximum Gasteiger partial charge on any atom is 0.239 e. The van der Waals surface area contributed by atoms with Gasteiger partial charge in [0.25, 0.3) is 0 Å². The molecule has 6 heteroatoms. The van der Waals surface area contributed by atoms with Gasteiger partial charge in [0.1, 0.15) is 0 Å². The second-order valence-corrected chi connectivity index (χ2v) is 6.13. The van der Waals surface area contributed by atoms with E-state index in [2.05, 4.69) is 10.6 Å². The minimum absolute atomic E-state index is 0. The molecule has 1 aromatic rings. The molecule has 5 nitrogen and oxygen atoms in total. The number of nitrogens with zero attached hydrogens (tertiary/aromatic N) is 1. The van der Waals surface area contributed by atoms with Gasteiger partial charge < -0.3 is 15.5 Å². The summed E-state index contributed by atoms with van der Waals surface area (Å²) >= 11 is 0. The highest BCUT2D eigenvalue weighted by atomic mass is 35.5. The topological polar surface area (TPSA) is 61.4 Å². The second-order valence-electron chi connectivity index (χ2n) is 6.13. The zero-order valence-corrected chi connectivity index (χ0v) is 14.0. The molecule has 0 aromatic heterocycles. The van der Waals surface area contributed by atoms with E-state index in [0.29, 0.717) is 6.54 Å². The van der Waals surface area contributed by atoms with E-state index in [4.69, 9.17) is 0 Å². The smallest absolute Gasteiger partial charge is 0.239 e. The summed E-state index contributed by atoms with van der Waals surface area (Å²) in [5.41, 5.74) is 0.813. The summed E-state index contributed by atoms with van der Waals surface area (Å²) in [4.78, 5) is 26.7. The Morgan fingerprint density at radius 2 is 1.91 bits per heavy atom. The molecule has 2 atom stereocenters. The zero-order valence-electron chi connectivity index (χ0n) is 13.2. The molecule has 2 aliphatic rings. The average Bonchev–Trinajstić information content (AvgIpc) is 3.09. The van der Waals surface area contributed by atoms with E-state index in [1.54, 1.807) is 0 Å². The lowest BCUT2D eigenvalue weighted by Crippen LogP contribution is -2.49. The highest BCUT2D eigenvalue weighted by molar-refractivity contribution is 5.93. The summed E-state index contributed by atoms with van der Waals surface area (Å²) in [6, 6.07) is 9.44. The van der Waals surface area contributed by atoms with Crippen LogP contribution in [0.1, 0.15) is 25.7 Å². The van der Waals surface area contributed by atoms with E-state index >= 15 is 0 Å². The molecule has 2 aliphatic heterocycles. The van der Waals surface area contributed by atoms with Gasteiger partial charge in [-0.15, -0.1) is 12.4 Å². The summed E-state index contributed by atoms with van der Waals surface area (Å²) in [5, 5.41) is 6.19. The van der Waals surface area contributed by atoms with Crippen molar-refractivity contribution in [1.82, 2.24) is 10.2 Å². The van der Waals surface area contributed by atoms with Gasteiger partial charge in [0.15, 0.2) is 0 Å². The normalized spacial score (nSPS) is 23.9. The van der Waals surface area contributed by atoms with Gasteiger partial charge in [0, 0.05) is 18.8 Å². The van der Waals surface area contributed by atoms with Crippen LogP contribution in [0.25, 0.3) is 0 Å². The van der Waals surface area contributed by atoms with Gasteiger partial charge in [-0.3, -0.25) is 9.59 Å². The Kier molecular flexibility index (Phi) is 6.42. The van der Waals surface area contributed by atoms with E-state index in [1.807, 2.05) is 35.2 Å². The van der Waals surface area contributed by atoms with Crippen molar-refractivity contribution < 1.29 is 9.59 Å². The van der Waals surface area contributed by atoms with E-state index in [0.717, 1.165) is 44.5 Å². The third-order valence-electron chi connectivity index (χ3n) is 4.50. The Bertz CT molecular complexity index is 532. The van der Waals surface area contributed by atoms with E-state index in [-0.39, 0.29) is 36.2 Å². The number of likely N-dealkylation sites (tertiary alicyclic amines) is 1. The van der Waals surface area contributed by atoms with Gasteiger partial charge in [-0.25, -0.2) is 0 Å². The van der Waals surface area contributed by atoms with Crippen molar-refractivity contribution in [2.24, 2.45) is 5.92 Å². The molecule has 23 heavy (non-hydrogen) atoms. The molecule has 0 spiro atoms. The van der Waals surface area contributed by atoms with Crippen LogP contribution in [0.3, 0.4) is 0 Å². The first-order valence-corrected chi connectivity index (χ1v) is 8.12. The van der Waals surface area contributed by atoms with Gasteiger partial charge >= 0.3 is 0 Å². The number of anilines is 1. The molecular formula is C17H24ClN3O2. The molecule has 2 amide bonds. The number of para-hydroxylation sites is 1. The first-order chi connectivity index (χ1) is 10.7. The van der Waals surface area contributed by atoms with Gasteiger partial charge in [-0.2, -0.15) is 0 Å². The van der Waals surface area contributed by atoms with Gasteiger partial charge in [-0.05, 0) is 44.4 Å². The summed E-state index contributed by atoms with van der Waals surface area (Å²) in [5.74, 6) is 0.0668. The third-order valence-corrected chi connectivity index (χ3v) is 4.50. The van der Waals surface area contributed by atoms with E-state index < -0.39 is 0 Å². The van der Waals surface area contributed by atoms with Crippen LogP contribution in [0.2, 0.25) is 0 Å². The number of rotatable bonds is 3. The molecular weight excluding hydrogens is 314 g/mol. The van der Waals surface area contributed by atoms with E-state index in [1.165, 1.54) is 0 Å². The fourth-order valence-electron chi connectivity index (χ4n) is 3.27. The molecule has 3 rings (SSSR count). The van der Waals surface area contributed by atoms with Gasteiger partial charge in [0.2, 0.25) is 11.8 Å². The minimum Gasteiger partial charge on any atom is -0.341 e. The standard InChI is InChI=1S/C17H23N3O2.ClH/c21-16(19-14-7-2-1-3-8-14)13-6-5-11-20(12-13)17(22)15-9-4-10-18-15;/h1-3,7-8,13,15,18H,4-6,9-12H2,(H,19,21);1H. The van der Waals surface area contributed by atoms with Crippen LogP contribution in [0.4, 0.5) is 5.69 Å². The third kappa shape index (κ3) is 4.45. The first-order valence-electron chi connectivity index (χ1n) is 8.12. The molecule has 2 unspecified atom stereocenters. The van der Waals surface area contributed by atoms with Crippen LogP contribution in [0.15, 0.2) is 30.3 Å². The molecule has 0 radical (unpaired) electrons. The van der Waals surface area contributed by atoms with Crippen LogP contribution < -0.4 is 10.6 Å². The summed E-state index contributed by atoms with van der Waals surface area (Å²) < 4.78 is 0. The SMILES string of the molecule is Cl.O=C(Nc1ccccc1)C1CCCN(C(=O)C2CCCN2)C1. The van der Waals surface area contributed by atoms with Gasteiger partial charge in [0.05, 0.1) is 12.0 Å². The number of carbonyl (C=O) groups is 2. The van der Waals surface area contributed by atoms with Crippen LogP contribution in [0, 0.1) is 5.92 Å². The van der Waals surface area contributed by atoms with Crippen molar-refractivity contribution in [3.8, 4) is 0 Å². The predicted octanol–water partition coefficient (Wildman–Crippen LogP) is 2.04. The molecule has 2 saturated heterocycles. The van der Waals surface area contributed by atoms with Crippen molar-refractivity contribution in [1.29, 1.82) is 0 Å². The summed E-state index contributed by atoms with van der Waals surface area (Å²) in [6.07, 6.45) is 3.71. The molecule has 2 fully saturated rings. The number of amides is 2. The number of hydrogen-bond donors (Lipinski definition) is 2. The quantitative estimate of drug-likeness (QED) is 0.887. The lowest BCUT2D eigenvalue weighted by Gasteiger charge is -2.33. The Morgan fingerprint density at radius 1 is 1.13 bits per heavy atom. The Balaban J connectivity index is 0.00000192. The second kappa shape index (κ2) is 8.31. The Labute approximate surface area is 143 Å². The fourth-order valence-corrected chi connectivity index (χ4v) is 3.27. The first kappa shape index (κ1) is 17.8. The summed E-state index contributed by atoms with van der Waals surface area (Å²) in [7, 11) is 0. The molecule has 0 bridgehead atoms. The zero-order chi connectivity index (χ0) is 15.4. The van der Waals surface area contributed by atoms with Crippen molar-refractivity contribution in [2.45, 2.75) is 31.7 Å². The van der Waals surface area contributed by atoms with Crippen molar-refractivity contribution in [3.05, 3.63) is 30.3 Å². The number of halogens is 1. The molecule has 0 saturated carbocycles. The maximum absolute atomic E-state index is 12.5. The summed E-state index contributed by atoms with van der Waals surface area (Å²) in [6.45, 7) is 2.23. The predicted molar refractivity (Wildman–Crippen MR) is 92.6 cm³/mol. The number of benzene rings is 1. The molecule has 1 aromatic carbocycles. The van der Waals surface area contributed by atoms with Crippen molar-refractivity contribution >= 4 is 29.9 Å². The van der Waals surface area contributed by atoms with Crippen LogP contribution in [0.5, 0.6) is 0 Å². The number of hydrogen-bond acceptors (Lipinski definition) is 3. The van der Waals surface area contributed by atoms with Crippen molar-refractivity contribution in [2.75, 3.05) is 25.0 Å². The maximum atomic E-state index is 12.5. The Hall–Kier alpha value is -1.59. The molecule has 126 valence electrons. The lowest BCUT2D eigenvalue weighted by atomic mass is 9.96. The van der Waals surface area contributed by atoms with Gasteiger partial charge in [-0.1, -0.05) is 18.2 Å². The fraction of sp³-hybridized carbons (Fsp3) is 0.529. The largest absolute Gasteiger partial charge is 0.341 e. The molecule has 2 N–H and O–H groups in total. The van der Waals surface area contributed by atoms with Crippen LogP contribution in [-0.2, 0) is 9.59 Å². The molecule has 2 heterocycles. The molecule has 0 aliphatic carbocycles. The average molecular weight is 338 g/mol. The highest BCUT2D eigenvalue weighted by Crippen LogP contribution is 2.20. The number of nitrogens with one attached hydrogen (secondary N) is 2. The van der Waals surface area contributed by atoms with Crippen LogP contribution in [-0.4, -0.2) is 42.4 Å². The number of carbonyl (C=O) groups excluding carboxylic acids is 2. The van der Waals surface area contributed by atoms with E-state index in [9.17, 15) is 9.59 Å². The van der Waals surface area contributed by atoms with Crippen LogP contribution >= 0.6 is 12.4 Å². The highest BCUT2D eigenvalue weighted by Gasteiger charge is 2.32. The lowest BCUT2D eigenvalue weighted by molar-refractivity contribution is -0.136.